The van der Waals surface area contributed by atoms with Crippen LogP contribution >= 0.6 is 0 Å². The monoisotopic (exact) mass is 888 g/mol. The molecule has 1 aliphatic heterocycles. The summed E-state index contributed by atoms with van der Waals surface area (Å²) in [6.07, 6.45) is 0.621. The predicted molar refractivity (Wildman–Crippen MR) is 176 cm³/mol. The van der Waals surface area contributed by atoms with Crippen LogP contribution in [-0.2, 0) is 97.7 Å². The van der Waals surface area contributed by atoms with E-state index in [0.717, 1.165) is 20.8 Å². The summed E-state index contributed by atoms with van der Waals surface area (Å²) in [5.41, 5.74) is -0.264. The Bertz CT molecular complexity index is 1310. The van der Waals surface area contributed by atoms with Gasteiger partial charge in [-0.25, -0.2) is 15.2 Å². The molecule has 1 rings (SSSR count). The van der Waals surface area contributed by atoms with E-state index in [-0.39, 0.29) is 70.4 Å². The van der Waals surface area contributed by atoms with Crippen LogP contribution in [0.15, 0.2) is 0 Å². The van der Waals surface area contributed by atoms with E-state index in [2.05, 4.69) is 38.8 Å². The summed E-state index contributed by atoms with van der Waals surface area (Å²) in [5, 5.41) is 43.7. The normalized spacial score (nSPS) is 20.0. The molecule has 4 atom stereocenters. The summed E-state index contributed by atoms with van der Waals surface area (Å²) in [6.45, 7) is 9.15. The van der Waals surface area contributed by atoms with Crippen molar-refractivity contribution in [1.82, 2.24) is 47.1 Å². The molecule has 1 saturated heterocycles. The number of hydrogen-bond acceptors (Lipinski definition) is 13. The average Bonchev–Trinajstić information content (AvgIpc) is 3.06. The third-order valence-electron chi connectivity index (χ3n) is 6.70. The van der Waals surface area contributed by atoms with Gasteiger partial charge in [0.2, 0.25) is 53.2 Å². The second kappa shape index (κ2) is 27.1. The third kappa shape index (κ3) is 23.2. The van der Waals surface area contributed by atoms with Crippen molar-refractivity contribution in [2.45, 2.75) is 85.0 Å². The van der Waals surface area contributed by atoms with Crippen LogP contribution in [0.5, 0.6) is 0 Å². The first-order valence-electron chi connectivity index (χ1n) is 15.9. The molecule has 22 nitrogen and oxygen atoms in total. The number of hydroxylamine groups is 6. The smallest absolute Gasteiger partial charge is 0.243 e. The maximum Gasteiger partial charge on any atom is 0.243 e. The minimum Gasteiger partial charge on any atom is -0.541 e. The van der Waals surface area contributed by atoms with Crippen molar-refractivity contribution in [3.63, 3.8) is 0 Å². The largest absolute Gasteiger partial charge is 0.541 e. The molecule has 0 aliphatic carbocycles. The first-order valence-corrected chi connectivity index (χ1v) is 15.9. The van der Waals surface area contributed by atoms with Crippen LogP contribution in [0.4, 0.5) is 0 Å². The Morgan fingerprint density at radius 1 is 0.648 bits per heavy atom. The molecule has 0 spiro atoms. The zero-order chi connectivity index (χ0) is 40.3. The van der Waals surface area contributed by atoms with Crippen LogP contribution in [0.25, 0.3) is 0 Å². The van der Waals surface area contributed by atoms with E-state index >= 15 is 0 Å². The summed E-state index contributed by atoms with van der Waals surface area (Å²) in [6, 6.07) is -6.08. The topological polar surface area (TPSA) is 313 Å². The summed E-state index contributed by atoms with van der Waals surface area (Å²) in [5.74, 6) is -8.16. The molecule has 305 valence electrons. The SMILES string of the molecule is CC(C)(C)[C-]=O.[CH2-]C1NC(=O)CNC(=O)[C@@H](CCN(O)C(C)=O)NC(=O)[C@@H](CCN(O)C(C)=O)NC(=O)[C@@H](CCN(O)C(C)=O)NC(=O)CNC1=O.[Fe].[Y]. The Labute approximate surface area is 348 Å². The van der Waals surface area contributed by atoms with Crippen LogP contribution in [-0.4, -0.2) is 147 Å². The molecular weight excluding hydrogens is 839 g/mol. The van der Waals surface area contributed by atoms with Gasteiger partial charge in [0.25, 0.3) is 0 Å². The van der Waals surface area contributed by atoms with Gasteiger partial charge in [0.05, 0.1) is 32.7 Å². The van der Waals surface area contributed by atoms with Gasteiger partial charge < -0.3 is 43.6 Å². The van der Waals surface area contributed by atoms with Gasteiger partial charge in [-0.15, -0.1) is 5.41 Å². The fourth-order valence-electron chi connectivity index (χ4n) is 3.72. The molecule has 0 saturated carbocycles. The minimum absolute atomic E-state index is 0. The minimum atomic E-state index is -1.60. The van der Waals surface area contributed by atoms with Crippen molar-refractivity contribution in [2.24, 2.45) is 5.41 Å². The zero-order valence-electron chi connectivity index (χ0n) is 30.9. The average molecular weight is 889 g/mol. The second-order valence-electron chi connectivity index (χ2n) is 12.4. The Morgan fingerprint density at radius 2 is 0.944 bits per heavy atom. The Balaban J connectivity index is -0.00000299. The van der Waals surface area contributed by atoms with Gasteiger partial charge in [-0.05, 0) is 25.3 Å². The van der Waals surface area contributed by atoms with Crippen LogP contribution in [0.1, 0.15) is 60.8 Å². The molecule has 1 aliphatic rings. The summed E-state index contributed by atoms with van der Waals surface area (Å²) < 4.78 is 0. The van der Waals surface area contributed by atoms with E-state index < -0.39 is 129 Å². The summed E-state index contributed by atoms with van der Waals surface area (Å²) >= 11 is 0. The molecule has 24 heteroatoms. The van der Waals surface area contributed by atoms with Crippen molar-refractivity contribution < 1.29 is 113 Å². The van der Waals surface area contributed by atoms with Crippen LogP contribution in [0.2, 0.25) is 0 Å². The standard InChI is InChI=1S/C25H40N9O12.C5H9O.Fe.Y/c1-13-22(40)26-12-21(39)29-18(6-9-33(45)15(3)36)24(42)31-19(7-10-34(46)16(4)37)25(43)30-17(5-8-32(44)14(2)35)23(41)27-11-20(38)28-13;1-5(2,3)4-6;;/h13,17-19,44-46H,1,5-12H2,2-4H3,(H,26,40)(H,27,41)(H,28,38)(H,29,39)(H,30,43)(H,31,42);1-3H3;;/q2*-1;;/t13?,17-,18-,19-;;;/m1.../s1. The summed E-state index contributed by atoms with van der Waals surface area (Å²) in [4.78, 5) is 121. The van der Waals surface area contributed by atoms with Crippen molar-refractivity contribution >= 4 is 59.5 Å². The van der Waals surface area contributed by atoms with E-state index in [1.54, 1.807) is 0 Å². The number of carbonyl (C=O) groups is 9. The molecule has 54 heavy (non-hydrogen) atoms. The van der Waals surface area contributed by atoms with Gasteiger partial charge in [0.1, 0.15) is 18.1 Å². The molecule has 0 aromatic heterocycles. The number of rotatable bonds is 9. The van der Waals surface area contributed by atoms with E-state index in [1.807, 2.05) is 27.1 Å². The number of carbonyl (C=O) groups excluding carboxylic acids is 10. The van der Waals surface area contributed by atoms with Gasteiger partial charge >= 0.3 is 0 Å². The van der Waals surface area contributed by atoms with Crippen molar-refractivity contribution in [3.05, 3.63) is 6.92 Å². The number of hydrogen-bond donors (Lipinski definition) is 9. The van der Waals surface area contributed by atoms with Crippen molar-refractivity contribution in [1.29, 1.82) is 0 Å². The molecule has 1 radical (unpaired) electrons. The number of amides is 9. The predicted octanol–water partition coefficient (Wildman–Crippen LogP) is -3.97. The van der Waals surface area contributed by atoms with E-state index in [4.69, 9.17) is 0 Å². The van der Waals surface area contributed by atoms with Crippen LogP contribution < -0.4 is 31.9 Å². The first-order chi connectivity index (χ1) is 24.0. The first kappa shape index (κ1) is 54.7. The summed E-state index contributed by atoms with van der Waals surface area (Å²) in [7, 11) is 0. The van der Waals surface area contributed by atoms with Gasteiger partial charge in [-0.3, -0.25) is 65.1 Å². The van der Waals surface area contributed by atoms with Crippen LogP contribution in [0, 0.1) is 12.3 Å². The van der Waals surface area contributed by atoms with Crippen molar-refractivity contribution in [2.75, 3.05) is 32.7 Å². The Kier molecular flexibility index (Phi) is 27.4. The molecular formula is C30H49FeN9O13Y-2. The maximum absolute atomic E-state index is 13.4. The van der Waals surface area contributed by atoms with Gasteiger partial charge in [0, 0.05) is 70.5 Å². The number of nitrogens with one attached hydrogen (secondary N) is 6. The van der Waals surface area contributed by atoms with Gasteiger partial charge in [-0.2, -0.15) is 0 Å². The Morgan fingerprint density at radius 3 is 1.28 bits per heavy atom. The fourth-order valence-corrected chi connectivity index (χ4v) is 3.72. The second-order valence-corrected chi connectivity index (χ2v) is 12.4. The molecule has 1 heterocycles. The Hall–Kier alpha value is -3.60. The molecule has 9 amide bonds. The molecule has 9 N–H and O–H groups in total. The van der Waals surface area contributed by atoms with Gasteiger partial charge in [-0.1, -0.05) is 20.8 Å². The number of nitrogens with zero attached hydrogens (tertiary/aromatic N) is 3. The fraction of sp³-hybridized carbons (Fsp3) is 0.633. The quantitative estimate of drug-likeness (QED) is 0.0463. The van der Waals surface area contributed by atoms with Crippen LogP contribution in [0.3, 0.4) is 0 Å². The zero-order valence-corrected chi connectivity index (χ0v) is 34.8. The maximum atomic E-state index is 13.4. The van der Waals surface area contributed by atoms with E-state index in [1.165, 1.54) is 0 Å². The molecule has 1 fully saturated rings. The third-order valence-corrected chi connectivity index (χ3v) is 6.70. The van der Waals surface area contributed by atoms with Gasteiger partial charge in [0.15, 0.2) is 0 Å². The molecule has 0 aromatic rings. The molecule has 0 bridgehead atoms. The van der Waals surface area contributed by atoms with E-state index in [9.17, 15) is 63.6 Å². The van der Waals surface area contributed by atoms with E-state index in [0.29, 0.717) is 0 Å². The molecule has 0 aromatic carbocycles. The molecule has 1 unspecified atom stereocenters. The van der Waals surface area contributed by atoms with Crippen molar-refractivity contribution in [3.8, 4) is 0 Å².